The molecule has 1 aromatic rings. The van der Waals surface area contributed by atoms with Crippen molar-refractivity contribution in [3.63, 3.8) is 0 Å². The van der Waals surface area contributed by atoms with Crippen molar-refractivity contribution < 1.29 is 0 Å². The van der Waals surface area contributed by atoms with E-state index >= 15 is 0 Å². The molecular formula is C17H30N4. The topological polar surface area (TPSA) is 33.1 Å². The van der Waals surface area contributed by atoms with Gasteiger partial charge in [-0.3, -0.25) is 4.68 Å². The Bertz CT molecular complexity index is 483. The highest BCUT2D eigenvalue weighted by atomic mass is 15.4. The predicted octanol–water partition coefficient (Wildman–Crippen LogP) is 3.00. The molecule has 2 fully saturated rings. The molecule has 0 spiro atoms. The van der Waals surface area contributed by atoms with Crippen molar-refractivity contribution in [3.05, 3.63) is 11.3 Å². The van der Waals surface area contributed by atoms with E-state index in [1.54, 1.807) is 0 Å². The summed E-state index contributed by atoms with van der Waals surface area (Å²) >= 11 is 0. The van der Waals surface area contributed by atoms with Gasteiger partial charge < -0.3 is 10.2 Å². The van der Waals surface area contributed by atoms with Crippen LogP contribution in [-0.4, -0.2) is 28.4 Å². The Hall–Kier alpha value is -1.03. The standard InChI is InChI=1S/C17H30N4/c1-12(2)9-10-21(15-7-8-15)17-16(11-18-14-5-6-14)13(3)19-20(17)4/h12,14-15,18H,5-11H2,1-4H3. The third-order valence-electron chi connectivity index (χ3n) is 4.67. The summed E-state index contributed by atoms with van der Waals surface area (Å²) < 4.78 is 2.11. The second-order valence-corrected chi connectivity index (χ2v) is 7.27. The molecule has 21 heavy (non-hydrogen) atoms. The molecule has 0 atom stereocenters. The lowest BCUT2D eigenvalue weighted by Crippen LogP contribution is -2.31. The number of aromatic nitrogens is 2. The molecule has 0 amide bonds. The summed E-state index contributed by atoms with van der Waals surface area (Å²) in [5.41, 5.74) is 2.61. The van der Waals surface area contributed by atoms with Crippen molar-refractivity contribution in [2.24, 2.45) is 13.0 Å². The van der Waals surface area contributed by atoms with E-state index in [1.807, 2.05) is 0 Å². The van der Waals surface area contributed by atoms with E-state index in [9.17, 15) is 0 Å². The van der Waals surface area contributed by atoms with E-state index in [1.165, 1.54) is 49.2 Å². The van der Waals surface area contributed by atoms with Gasteiger partial charge in [0.15, 0.2) is 0 Å². The highest BCUT2D eigenvalue weighted by Gasteiger charge is 2.33. The van der Waals surface area contributed by atoms with E-state index in [-0.39, 0.29) is 0 Å². The second-order valence-electron chi connectivity index (χ2n) is 7.27. The van der Waals surface area contributed by atoms with Gasteiger partial charge in [0, 0.05) is 37.8 Å². The minimum atomic E-state index is 0.748. The number of aryl methyl sites for hydroxylation is 2. The van der Waals surface area contributed by atoms with Gasteiger partial charge in [0.25, 0.3) is 0 Å². The van der Waals surface area contributed by atoms with Crippen molar-refractivity contribution >= 4 is 5.82 Å². The Balaban J connectivity index is 1.79. The van der Waals surface area contributed by atoms with Crippen LogP contribution in [0.1, 0.15) is 57.2 Å². The highest BCUT2D eigenvalue weighted by molar-refractivity contribution is 5.52. The summed E-state index contributed by atoms with van der Waals surface area (Å²) in [4.78, 5) is 2.63. The lowest BCUT2D eigenvalue weighted by atomic mass is 10.1. The van der Waals surface area contributed by atoms with Crippen molar-refractivity contribution in [2.45, 2.75) is 71.5 Å². The minimum absolute atomic E-state index is 0.748. The molecule has 0 unspecified atom stereocenters. The molecule has 3 rings (SSSR count). The van der Waals surface area contributed by atoms with Crippen LogP contribution >= 0.6 is 0 Å². The molecule has 2 aliphatic carbocycles. The van der Waals surface area contributed by atoms with Crippen LogP contribution in [0.2, 0.25) is 0 Å². The molecule has 4 heteroatoms. The zero-order valence-corrected chi connectivity index (χ0v) is 14.0. The molecule has 0 bridgehead atoms. The number of hydrogen-bond acceptors (Lipinski definition) is 3. The molecule has 0 saturated heterocycles. The van der Waals surface area contributed by atoms with Crippen LogP contribution < -0.4 is 10.2 Å². The molecule has 118 valence electrons. The number of nitrogens with zero attached hydrogens (tertiary/aromatic N) is 3. The maximum atomic E-state index is 4.70. The monoisotopic (exact) mass is 290 g/mol. The first-order valence-electron chi connectivity index (χ1n) is 8.58. The van der Waals surface area contributed by atoms with Gasteiger partial charge in [0.1, 0.15) is 5.82 Å². The number of hydrogen-bond donors (Lipinski definition) is 1. The van der Waals surface area contributed by atoms with Crippen molar-refractivity contribution in [1.29, 1.82) is 0 Å². The average Bonchev–Trinajstić information content (AvgIpc) is 3.29. The largest absolute Gasteiger partial charge is 0.354 e. The molecule has 1 aromatic heterocycles. The third-order valence-corrected chi connectivity index (χ3v) is 4.67. The van der Waals surface area contributed by atoms with E-state index in [0.717, 1.165) is 31.1 Å². The molecule has 4 nitrogen and oxygen atoms in total. The second kappa shape index (κ2) is 5.99. The zero-order chi connectivity index (χ0) is 15.0. The van der Waals surface area contributed by atoms with Gasteiger partial charge in [0.2, 0.25) is 0 Å². The van der Waals surface area contributed by atoms with Gasteiger partial charge >= 0.3 is 0 Å². The van der Waals surface area contributed by atoms with Gasteiger partial charge in [-0.2, -0.15) is 5.10 Å². The predicted molar refractivity (Wildman–Crippen MR) is 87.6 cm³/mol. The Labute approximate surface area is 128 Å². The quantitative estimate of drug-likeness (QED) is 0.799. The van der Waals surface area contributed by atoms with Crippen LogP contribution in [0.3, 0.4) is 0 Å². The maximum absolute atomic E-state index is 4.70. The van der Waals surface area contributed by atoms with Gasteiger partial charge in [-0.15, -0.1) is 0 Å². The molecule has 2 aliphatic rings. The van der Waals surface area contributed by atoms with Crippen molar-refractivity contribution in [1.82, 2.24) is 15.1 Å². The summed E-state index contributed by atoms with van der Waals surface area (Å²) in [6.45, 7) is 8.92. The molecule has 1 heterocycles. The minimum Gasteiger partial charge on any atom is -0.354 e. The molecular weight excluding hydrogens is 260 g/mol. The average molecular weight is 290 g/mol. The molecule has 1 N–H and O–H groups in total. The Morgan fingerprint density at radius 3 is 2.57 bits per heavy atom. The van der Waals surface area contributed by atoms with Crippen LogP contribution in [-0.2, 0) is 13.6 Å². The molecule has 0 aromatic carbocycles. The van der Waals surface area contributed by atoms with Crippen LogP contribution in [0.25, 0.3) is 0 Å². The Kier molecular flexibility index (Phi) is 4.25. The smallest absolute Gasteiger partial charge is 0.131 e. The van der Waals surface area contributed by atoms with E-state index in [2.05, 4.69) is 42.7 Å². The summed E-state index contributed by atoms with van der Waals surface area (Å²) in [5.74, 6) is 2.12. The van der Waals surface area contributed by atoms with Gasteiger partial charge in [0.05, 0.1) is 5.69 Å². The van der Waals surface area contributed by atoms with Gasteiger partial charge in [-0.1, -0.05) is 13.8 Å². The summed E-state index contributed by atoms with van der Waals surface area (Å²) in [5, 5.41) is 8.37. The first-order valence-corrected chi connectivity index (χ1v) is 8.58. The molecule has 2 saturated carbocycles. The fourth-order valence-electron chi connectivity index (χ4n) is 3.03. The Morgan fingerprint density at radius 1 is 1.29 bits per heavy atom. The summed E-state index contributed by atoms with van der Waals surface area (Å²) in [6, 6.07) is 1.50. The summed E-state index contributed by atoms with van der Waals surface area (Å²) in [6.07, 6.45) is 6.63. The molecule has 0 aliphatic heterocycles. The van der Waals surface area contributed by atoms with Crippen molar-refractivity contribution in [3.8, 4) is 0 Å². The van der Waals surface area contributed by atoms with Crippen LogP contribution in [0.5, 0.6) is 0 Å². The molecule has 0 radical (unpaired) electrons. The lowest BCUT2D eigenvalue weighted by Gasteiger charge is -2.27. The lowest BCUT2D eigenvalue weighted by molar-refractivity contribution is 0.559. The SMILES string of the molecule is Cc1nn(C)c(N(CCC(C)C)C2CC2)c1CNC1CC1. The van der Waals surface area contributed by atoms with E-state index < -0.39 is 0 Å². The zero-order valence-electron chi connectivity index (χ0n) is 14.0. The summed E-state index contributed by atoms with van der Waals surface area (Å²) in [7, 11) is 2.10. The third kappa shape index (κ3) is 3.60. The van der Waals surface area contributed by atoms with E-state index in [0.29, 0.717) is 0 Å². The first-order chi connectivity index (χ1) is 10.1. The number of anilines is 1. The fourth-order valence-corrected chi connectivity index (χ4v) is 3.03. The number of nitrogens with one attached hydrogen (secondary N) is 1. The van der Waals surface area contributed by atoms with Gasteiger partial charge in [-0.05, 0) is 44.9 Å². The number of rotatable bonds is 8. The normalized spacial score (nSPS) is 18.5. The fraction of sp³-hybridized carbons (Fsp3) is 0.824. The van der Waals surface area contributed by atoms with Crippen molar-refractivity contribution in [2.75, 3.05) is 11.4 Å². The van der Waals surface area contributed by atoms with Crippen LogP contribution in [0.15, 0.2) is 0 Å². The maximum Gasteiger partial charge on any atom is 0.131 e. The van der Waals surface area contributed by atoms with E-state index in [4.69, 9.17) is 5.10 Å². The van der Waals surface area contributed by atoms with Gasteiger partial charge in [-0.25, -0.2) is 0 Å². The van der Waals surface area contributed by atoms with Crippen LogP contribution in [0.4, 0.5) is 5.82 Å². The van der Waals surface area contributed by atoms with Crippen LogP contribution in [0, 0.1) is 12.8 Å². The Morgan fingerprint density at radius 2 is 2.00 bits per heavy atom. The first kappa shape index (κ1) is 14.9. The highest BCUT2D eigenvalue weighted by Crippen LogP contribution is 2.35.